The van der Waals surface area contributed by atoms with Crippen molar-refractivity contribution in [2.75, 3.05) is 5.73 Å². The molecule has 0 fully saturated rings. The van der Waals surface area contributed by atoms with E-state index < -0.39 is 0 Å². The van der Waals surface area contributed by atoms with Crippen molar-refractivity contribution in [3.63, 3.8) is 0 Å². The third kappa shape index (κ3) is 0.675. The first-order valence-corrected chi connectivity index (χ1v) is 3.75. The van der Waals surface area contributed by atoms with Crippen LogP contribution in [0.3, 0.4) is 0 Å². The maximum Gasteiger partial charge on any atom is 0.132 e. The Bertz CT molecular complexity index is 353. The van der Waals surface area contributed by atoms with Gasteiger partial charge in [0.15, 0.2) is 0 Å². The molecule has 1 radical (unpaired) electrons. The number of nitrogen functional groups attached to an aromatic ring is 1. The standard InChI is InChI=1S/C7H5N2S/c8-7-5-2-4-10-6(5)1-3-9-7/h1,3-4H,(H2,8,9). The van der Waals surface area contributed by atoms with E-state index in [0.717, 1.165) is 10.1 Å². The minimum atomic E-state index is 0.568. The highest BCUT2D eigenvalue weighted by Gasteiger charge is 1.97. The second-order valence-electron chi connectivity index (χ2n) is 1.95. The summed E-state index contributed by atoms with van der Waals surface area (Å²) in [7, 11) is 0. The van der Waals surface area contributed by atoms with Crippen LogP contribution in [0.4, 0.5) is 5.82 Å². The van der Waals surface area contributed by atoms with Gasteiger partial charge in [-0.05, 0) is 11.4 Å². The van der Waals surface area contributed by atoms with E-state index in [1.807, 2.05) is 11.4 Å². The molecule has 0 saturated heterocycles. The van der Waals surface area contributed by atoms with Gasteiger partial charge in [0.1, 0.15) is 5.82 Å². The molecule has 10 heavy (non-hydrogen) atoms. The molecule has 2 rings (SSSR count). The molecular weight excluding hydrogens is 144 g/mol. The lowest BCUT2D eigenvalue weighted by molar-refractivity contribution is 1.37. The largest absolute Gasteiger partial charge is 0.383 e. The molecule has 0 spiro atoms. The maximum absolute atomic E-state index is 5.56. The summed E-state index contributed by atoms with van der Waals surface area (Å²) in [5, 5.41) is 2.83. The van der Waals surface area contributed by atoms with Crippen LogP contribution in [-0.4, -0.2) is 4.98 Å². The van der Waals surface area contributed by atoms with Gasteiger partial charge in [-0.15, -0.1) is 11.3 Å². The molecule has 0 saturated carbocycles. The predicted octanol–water partition coefficient (Wildman–Crippen LogP) is 1.68. The summed E-state index contributed by atoms with van der Waals surface area (Å²) in [4.78, 5) is 3.93. The van der Waals surface area contributed by atoms with Crippen molar-refractivity contribution in [2.45, 2.75) is 0 Å². The maximum atomic E-state index is 5.56. The van der Waals surface area contributed by atoms with Gasteiger partial charge in [0.05, 0.1) is 0 Å². The third-order valence-electron chi connectivity index (χ3n) is 1.33. The Morgan fingerprint density at radius 3 is 3.30 bits per heavy atom. The Labute approximate surface area is 62.3 Å². The van der Waals surface area contributed by atoms with Crippen molar-refractivity contribution >= 4 is 27.2 Å². The molecule has 2 N–H and O–H groups in total. The summed E-state index contributed by atoms with van der Waals surface area (Å²) in [6.07, 6.45) is 1.71. The number of rotatable bonds is 0. The van der Waals surface area contributed by atoms with Gasteiger partial charge in [-0.3, -0.25) is 0 Å². The topological polar surface area (TPSA) is 38.9 Å². The zero-order chi connectivity index (χ0) is 6.97. The predicted molar refractivity (Wildman–Crippen MR) is 42.9 cm³/mol. The number of nitrogens with two attached hydrogens (primary N) is 1. The number of thiophene rings is 1. The molecule has 0 atom stereocenters. The van der Waals surface area contributed by atoms with Gasteiger partial charge in [0.2, 0.25) is 0 Å². The number of anilines is 1. The molecule has 2 nitrogen and oxygen atoms in total. The van der Waals surface area contributed by atoms with Gasteiger partial charge in [0.25, 0.3) is 0 Å². The summed E-state index contributed by atoms with van der Waals surface area (Å²) in [6.45, 7) is 0. The SMILES string of the molecule is Nc1nccc2sc[c]c12. The monoisotopic (exact) mass is 149 g/mol. The van der Waals surface area contributed by atoms with Crippen LogP contribution in [0.2, 0.25) is 0 Å². The van der Waals surface area contributed by atoms with Gasteiger partial charge < -0.3 is 5.73 Å². The van der Waals surface area contributed by atoms with E-state index in [9.17, 15) is 0 Å². The van der Waals surface area contributed by atoms with Gasteiger partial charge in [-0.1, -0.05) is 0 Å². The Morgan fingerprint density at radius 1 is 1.60 bits per heavy atom. The highest BCUT2D eigenvalue weighted by atomic mass is 32.1. The first-order valence-electron chi connectivity index (χ1n) is 2.87. The van der Waals surface area contributed by atoms with Crippen LogP contribution in [0.25, 0.3) is 10.1 Å². The van der Waals surface area contributed by atoms with Crippen LogP contribution in [0.5, 0.6) is 0 Å². The van der Waals surface area contributed by atoms with Gasteiger partial charge in [-0.25, -0.2) is 4.98 Å². The molecule has 0 amide bonds. The molecule has 0 bridgehead atoms. The van der Waals surface area contributed by atoms with E-state index in [1.54, 1.807) is 17.5 Å². The van der Waals surface area contributed by atoms with Crippen molar-refractivity contribution in [3.8, 4) is 0 Å². The van der Waals surface area contributed by atoms with E-state index in [2.05, 4.69) is 11.1 Å². The smallest absolute Gasteiger partial charge is 0.132 e. The summed E-state index contributed by atoms with van der Waals surface area (Å²) < 4.78 is 1.15. The van der Waals surface area contributed by atoms with Crippen LogP contribution in [0, 0.1) is 6.07 Å². The van der Waals surface area contributed by atoms with Crippen LogP contribution < -0.4 is 5.73 Å². The summed E-state index contributed by atoms with van der Waals surface area (Å²) >= 11 is 1.63. The van der Waals surface area contributed by atoms with Crippen LogP contribution in [0.1, 0.15) is 0 Å². The number of nitrogens with zero attached hydrogens (tertiary/aromatic N) is 1. The number of pyridine rings is 1. The summed E-state index contributed by atoms with van der Waals surface area (Å²) in [6, 6.07) is 4.96. The second kappa shape index (κ2) is 1.95. The molecule has 0 aliphatic rings. The lowest BCUT2D eigenvalue weighted by Gasteiger charge is -1.90. The fourth-order valence-corrected chi connectivity index (χ4v) is 1.58. The van der Waals surface area contributed by atoms with Gasteiger partial charge in [0, 0.05) is 22.3 Å². The number of hydrogen-bond acceptors (Lipinski definition) is 3. The number of aromatic nitrogens is 1. The van der Waals surface area contributed by atoms with E-state index in [4.69, 9.17) is 5.73 Å². The molecule has 2 heterocycles. The first-order chi connectivity index (χ1) is 4.88. The van der Waals surface area contributed by atoms with Crippen molar-refractivity contribution in [3.05, 3.63) is 23.7 Å². The summed E-state index contributed by atoms with van der Waals surface area (Å²) in [5.74, 6) is 0.568. The molecule has 2 aromatic rings. The Morgan fingerprint density at radius 2 is 2.50 bits per heavy atom. The molecule has 0 aliphatic carbocycles. The average molecular weight is 149 g/mol. The van der Waals surface area contributed by atoms with Crippen molar-refractivity contribution in [1.29, 1.82) is 0 Å². The zero-order valence-electron chi connectivity index (χ0n) is 5.16. The zero-order valence-corrected chi connectivity index (χ0v) is 5.98. The van der Waals surface area contributed by atoms with Crippen molar-refractivity contribution in [2.24, 2.45) is 0 Å². The van der Waals surface area contributed by atoms with E-state index in [0.29, 0.717) is 5.82 Å². The normalized spacial score (nSPS) is 10.4. The fourth-order valence-electron chi connectivity index (χ4n) is 0.855. The molecule has 49 valence electrons. The van der Waals surface area contributed by atoms with Crippen LogP contribution in [-0.2, 0) is 0 Å². The summed E-state index contributed by atoms with van der Waals surface area (Å²) in [5.41, 5.74) is 5.56. The Kier molecular flexibility index (Phi) is 1.11. The second-order valence-corrected chi connectivity index (χ2v) is 2.86. The molecule has 0 aromatic carbocycles. The quantitative estimate of drug-likeness (QED) is 0.619. The highest BCUT2D eigenvalue weighted by Crippen LogP contribution is 2.22. The minimum absolute atomic E-state index is 0.568. The van der Waals surface area contributed by atoms with Crippen LogP contribution >= 0.6 is 11.3 Å². The van der Waals surface area contributed by atoms with Crippen LogP contribution in [0.15, 0.2) is 17.6 Å². The van der Waals surface area contributed by atoms with Crippen molar-refractivity contribution < 1.29 is 0 Å². The number of hydrogen-bond donors (Lipinski definition) is 1. The van der Waals surface area contributed by atoms with E-state index >= 15 is 0 Å². The minimum Gasteiger partial charge on any atom is -0.383 e. The fraction of sp³-hybridized carbons (Fsp3) is 0. The Hall–Kier alpha value is -1.09. The molecule has 0 unspecified atom stereocenters. The number of fused-ring (bicyclic) bond motifs is 1. The average Bonchev–Trinajstić information content (AvgIpc) is 2.36. The molecular formula is C7H5N2S. The molecule has 2 aromatic heterocycles. The molecule has 0 aliphatic heterocycles. The molecule has 3 heteroatoms. The third-order valence-corrected chi connectivity index (χ3v) is 2.16. The van der Waals surface area contributed by atoms with Gasteiger partial charge in [-0.2, -0.15) is 0 Å². The van der Waals surface area contributed by atoms with E-state index in [-0.39, 0.29) is 0 Å². The first kappa shape index (κ1) is 5.68. The Balaban J connectivity index is 2.95. The lowest BCUT2D eigenvalue weighted by Crippen LogP contribution is -1.87. The van der Waals surface area contributed by atoms with Crippen molar-refractivity contribution in [1.82, 2.24) is 4.98 Å². The lowest BCUT2D eigenvalue weighted by atomic mass is 10.3. The van der Waals surface area contributed by atoms with E-state index in [1.165, 1.54) is 0 Å². The highest BCUT2D eigenvalue weighted by molar-refractivity contribution is 7.17. The van der Waals surface area contributed by atoms with Gasteiger partial charge >= 0.3 is 0 Å².